The number of benzene rings is 1. The van der Waals surface area contributed by atoms with Gasteiger partial charge in [-0.25, -0.2) is 0 Å². The summed E-state index contributed by atoms with van der Waals surface area (Å²) in [5.41, 5.74) is 3.15. The summed E-state index contributed by atoms with van der Waals surface area (Å²) in [6.07, 6.45) is 3.28. The number of hydrogen-bond donors (Lipinski definition) is 2. The van der Waals surface area contributed by atoms with Gasteiger partial charge in [0.25, 0.3) is 5.91 Å². The number of carbonyl (C=O) groups excluding carboxylic acids is 1. The van der Waals surface area contributed by atoms with E-state index in [1.807, 2.05) is 41.8 Å². The van der Waals surface area contributed by atoms with E-state index >= 15 is 0 Å². The molecule has 0 atom stereocenters. The molecule has 0 aliphatic heterocycles. The van der Waals surface area contributed by atoms with E-state index in [0.29, 0.717) is 17.3 Å². The van der Waals surface area contributed by atoms with Crippen LogP contribution in [0.2, 0.25) is 5.02 Å². The molecule has 0 saturated carbocycles. The van der Waals surface area contributed by atoms with Crippen LogP contribution in [0.3, 0.4) is 0 Å². The Morgan fingerprint density at radius 3 is 2.92 bits per heavy atom. The number of rotatable bonds is 4. The summed E-state index contributed by atoms with van der Waals surface area (Å²) >= 11 is 7.98. The largest absolute Gasteiger partial charge is 0.472 e. The molecule has 6 heteroatoms. The van der Waals surface area contributed by atoms with Crippen LogP contribution in [0, 0.1) is 0 Å². The van der Waals surface area contributed by atoms with Gasteiger partial charge >= 0.3 is 0 Å². The molecule has 1 aromatic carbocycles. The number of halogens is 1. The third-order valence-electron chi connectivity index (χ3n) is 3.78. The molecular weight excluding hydrogens is 344 g/mol. The highest BCUT2D eigenvalue weighted by molar-refractivity contribution is 7.09. The lowest BCUT2D eigenvalue weighted by Gasteiger charge is -2.01. The van der Waals surface area contributed by atoms with E-state index in [4.69, 9.17) is 16.0 Å². The molecule has 3 heterocycles. The first kappa shape index (κ1) is 15.1. The third-order valence-corrected chi connectivity index (χ3v) is 4.96. The molecule has 0 bridgehead atoms. The molecule has 0 aliphatic rings. The fourth-order valence-corrected chi connectivity index (χ4v) is 3.51. The Morgan fingerprint density at radius 1 is 1.25 bits per heavy atom. The maximum absolute atomic E-state index is 12.3. The van der Waals surface area contributed by atoms with Crippen LogP contribution in [0.4, 0.5) is 0 Å². The Morgan fingerprint density at radius 2 is 2.17 bits per heavy atom. The summed E-state index contributed by atoms with van der Waals surface area (Å²) in [4.78, 5) is 16.6. The van der Waals surface area contributed by atoms with Gasteiger partial charge < -0.3 is 14.7 Å². The predicted octanol–water partition coefficient (Wildman–Crippen LogP) is 5.07. The van der Waals surface area contributed by atoms with Crippen LogP contribution >= 0.6 is 22.9 Å². The normalized spacial score (nSPS) is 11.0. The van der Waals surface area contributed by atoms with Gasteiger partial charge in [0.05, 0.1) is 29.6 Å². The van der Waals surface area contributed by atoms with E-state index in [0.717, 1.165) is 26.9 Å². The van der Waals surface area contributed by atoms with Crippen molar-refractivity contribution < 1.29 is 9.21 Å². The van der Waals surface area contributed by atoms with Crippen LogP contribution in [0.25, 0.3) is 22.0 Å². The zero-order valence-corrected chi connectivity index (χ0v) is 14.1. The van der Waals surface area contributed by atoms with Crippen molar-refractivity contribution >= 4 is 39.7 Å². The minimum absolute atomic E-state index is 0.152. The highest BCUT2D eigenvalue weighted by Crippen LogP contribution is 2.31. The molecule has 0 aliphatic carbocycles. The molecule has 1 amide bonds. The van der Waals surface area contributed by atoms with Crippen LogP contribution in [0.5, 0.6) is 0 Å². The first-order valence-electron chi connectivity index (χ1n) is 7.36. The van der Waals surface area contributed by atoms with Crippen molar-refractivity contribution in [2.24, 2.45) is 0 Å². The van der Waals surface area contributed by atoms with Crippen molar-refractivity contribution in [3.8, 4) is 11.1 Å². The van der Waals surface area contributed by atoms with Crippen molar-refractivity contribution in [1.82, 2.24) is 10.3 Å². The zero-order chi connectivity index (χ0) is 16.5. The number of hydrogen-bond acceptors (Lipinski definition) is 3. The van der Waals surface area contributed by atoms with Gasteiger partial charge in [0.15, 0.2) is 0 Å². The smallest absolute Gasteiger partial charge is 0.268 e. The lowest BCUT2D eigenvalue weighted by molar-refractivity contribution is 0.0947. The Hall–Kier alpha value is -2.50. The predicted molar refractivity (Wildman–Crippen MR) is 96.5 cm³/mol. The second-order valence-electron chi connectivity index (χ2n) is 5.38. The fourth-order valence-electron chi connectivity index (χ4n) is 2.59. The average molecular weight is 357 g/mol. The maximum atomic E-state index is 12.3. The molecule has 4 aromatic rings. The zero-order valence-electron chi connectivity index (χ0n) is 12.5. The molecule has 0 saturated heterocycles. The topological polar surface area (TPSA) is 58.0 Å². The minimum atomic E-state index is -0.152. The molecule has 4 rings (SSSR count). The Bertz CT molecular complexity index is 988. The van der Waals surface area contributed by atoms with Crippen molar-refractivity contribution in [3.05, 3.63) is 69.9 Å². The van der Waals surface area contributed by atoms with E-state index < -0.39 is 0 Å². The van der Waals surface area contributed by atoms with E-state index in [-0.39, 0.29) is 5.91 Å². The van der Waals surface area contributed by atoms with Crippen molar-refractivity contribution in [2.45, 2.75) is 6.54 Å². The average Bonchev–Trinajstić information content (AvgIpc) is 3.32. The number of H-pyrrole nitrogens is 1. The molecule has 0 spiro atoms. The van der Waals surface area contributed by atoms with Crippen molar-refractivity contribution in [3.63, 3.8) is 0 Å². The summed E-state index contributed by atoms with van der Waals surface area (Å²) in [6, 6.07) is 11.5. The van der Waals surface area contributed by atoms with Crippen LogP contribution < -0.4 is 5.32 Å². The minimum Gasteiger partial charge on any atom is -0.472 e. The molecule has 0 radical (unpaired) electrons. The highest BCUT2D eigenvalue weighted by Gasteiger charge is 2.13. The van der Waals surface area contributed by atoms with Crippen LogP contribution in [-0.4, -0.2) is 10.9 Å². The molecule has 120 valence electrons. The number of furan rings is 1. The van der Waals surface area contributed by atoms with E-state index in [2.05, 4.69) is 10.3 Å². The van der Waals surface area contributed by atoms with Gasteiger partial charge in [-0.3, -0.25) is 4.79 Å². The van der Waals surface area contributed by atoms with Crippen molar-refractivity contribution in [2.75, 3.05) is 0 Å². The number of fused-ring (bicyclic) bond motifs is 1. The number of nitrogens with one attached hydrogen (secondary N) is 2. The molecule has 0 unspecified atom stereocenters. The first-order valence-corrected chi connectivity index (χ1v) is 8.62. The monoisotopic (exact) mass is 356 g/mol. The number of aromatic amines is 1. The SMILES string of the molecule is O=C(NCc1cccs1)c1cc2cc(-c3ccoc3)cc(Cl)c2[nH]1. The van der Waals surface area contributed by atoms with E-state index in [1.54, 1.807) is 23.9 Å². The summed E-state index contributed by atoms with van der Waals surface area (Å²) in [7, 11) is 0. The molecule has 4 nitrogen and oxygen atoms in total. The van der Waals surface area contributed by atoms with Crippen LogP contribution in [0.1, 0.15) is 15.4 Å². The Labute approximate surface area is 147 Å². The van der Waals surface area contributed by atoms with Gasteiger partial charge in [-0.2, -0.15) is 0 Å². The van der Waals surface area contributed by atoms with E-state index in [1.165, 1.54) is 0 Å². The summed E-state index contributed by atoms with van der Waals surface area (Å²) in [6.45, 7) is 0.514. The standard InChI is InChI=1S/C18H13ClN2O2S/c19-15-7-12(11-3-4-23-10-11)6-13-8-16(21-17(13)15)18(22)20-9-14-2-1-5-24-14/h1-8,10,21H,9H2,(H,20,22). The van der Waals surface area contributed by atoms with Crippen LogP contribution in [-0.2, 0) is 6.54 Å². The quantitative estimate of drug-likeness (QED) is 0.536. The maximum Gasteiger partial charge on any atom is 0.268 e. The van der Waals surface area contributed by atoms with Gasteiger partial charge in [0.1, 0.15) is 5.69 Å². The molecule has 0 fully saturated rings. The molecule has 24 heavy (non-hydrogen) atoms. The number of aromatic nitrogens is 1. The van der Waals surface area contributed by atoms with Gasteiger partial charge in [0, 0.05) is 15.8 Å². The number of thiophene rings is 1. The Balaban J connectivity index is 1.62. The van der Waals surface area contributed by atoms with Gasteiger partial charge in [-0.15, -0.1) is 11.3 Å². The second-order valence-corrected chi connectivity index (χ2v) is 6.82. The lowest BCUT2D eigenvalue weighted by Crippen LogP contribution is -2.22. The summed E-state index contributed by atoms with van der Waals surface area (Å²) in [5.74, 6) is -0.152. The van der Waals surface area contributed by atoms with E-state index in [9.17, 15) is 4.79 Å². The van der Waals surface area contributed by atoms with Gasteiger partial charge in [0.2, 0.25) is 0 Å². The molecular formula is C18H13ClN2O2S. The van der Waals surface area contributed by atoms with Gasteiger partial charge in [-0.05, 0) is 41.3 Å². The number of amides is 1. The fraction of sp³-hybridized carbons (Fsp3) is 0.0556. The summed E-state index contributed by atoms with van der Waals surface area (Å²) < 4.78 is 5.12. The van der Waals surface area contributed by atoms with Crippen molar-refractivity contribution in [1.29, 1.82) is 0 Å². The number of carbonyl (C=O) groups is 1. The molecule has 3 aromatic heterocycles. The lowest BCUT2D eigenvalue weighted by atomic mass is 10.1. The first-order chi connectivity index (χ1) is 11.7. The van der Waals surface area contributed by atoms with Crippen LogP contribution in [0.15, 0.2) is 58.7 Å². The van der Waals surface area contributed by atoms with Gasteiger partial charge in [-0.1, -0.05) is 17.7 Å². The Kier molecular flexibility index (Phi) is 3.88. The highest BCUT2D eigenvalue weighted by atomic mass is 35.5. The third kappa shape index (κ3) is 2.84. The summed E-state index contributed by atoms with van der Waals surface area (Å²) in [5, 5.41) is 6.35. The second kappa shape index (κ2) is 6.19. The molecule has 2 N–H and O–H groups in total.